The Morgan fingerprint density at radius 2 is 1.85 bits per heavy atom. The van der Waals surface area contributed by atoms with Crippen molar-refractivity contribution in [3.8, 4) is 11.1 Å². The molecule has 0 aliphatic heterocycles. The van der Waals surface area contributed by atoms with Gasteiger partial charge in [0.15, 0.2) is 0 Å². The summed E-state index contributed by atoms with van der Waals surface area (Å²) in [5, 5.41) is 4.04. The van der Waals surface area contributed by atoms with Gasteiger partial charge < -0.3 is 5.73 Å². The lowest BCUT2D eigenvalue weighted by Crippen LogP contribution is -1.94. The molecule has 0 amide bonds. The van der Waals surface area contributed by atoms with Gasteiger partial charge in [0, 0.05) is 17.0 Å². The summed E-state index contributed by atoms with van der Waals surface area (Å²) in [6, 6.07) is 4.11. The van der Waals surface area contributed by atoms with E-state index < -0.39 is 0 Å². The van der Waals surface area contributed by atoms with Gasteiger partial charge >= 0.3 is 0 Å². The molecule has 0 spiro atoms. The van der Waals surface area contributed by atoms with Crippen LogP contribution in [0.2, 0.25) is 4.34 Å². The van der Waals surface area contributed by atoms with E-state index in [1.807, 2.05) is 16.8 Å². The highest BCUT2D eigenvalue weighted by Crippen LogP contribution is 2.36. The number of hydrogen-bond donors (Lipinski definition) is 1. The predicted octanol–water partition coefficient (Wildman–Crippen LogP) is 3.59. The molecule has 0 saturated carbocycles. The van der Waals surface area contributed by atoms with Gasteiger partial charge in [-0.1, -0.05) is 11.6 Å². The average molecular weight is 230 g/mol. The van der Waals surface area contributed by atoms with Crippen LogP contribution in [0.25, 0.3) is 11.1 Å². The summed E-state index contributed by atoms with van der Waals surface area (Å²) in [5.74, 6) is 0. The van der Waals surface area contributed by atoms with Gasteiger partial charge in [-0.2, -0.15) is 0 Å². The van der Waals surface area contributed by atoms with Crippen molar-refractivity contribution < 1.29 is 0 Å². The molecule has 4 heteroatoms. The van der Waals surface area contributed by atoms with Gasteiger partial charge in [0.2, 0.25) is 0 Å². The molecule has 0 aliphatic rings. The highest BCUT2D eigenvalue weighted by atomic mass is 35.5. The molecule has 0 atom stereocenters. The number of hydrogen-bond acceptors (Lipinski definition) is 3. The maximum Gasteiger partial charge on any atom is 0.101 e. The van der Waals surface area contributed by atoms with Crippen LogP contribution in [0.5, 0.6) is 0 Å². The smallest absolute Gasteiger partial charge is 0.101 e. The standard InChI is InChI=1S/C9H8ClNS2/c10-9-7(2-4-13-9)6-1-3-12-8(6)5-11/h1-4H,5,11H2. The van der Waals surface area contributed by atoms with Crippen LogP contribution >= 0.6 is 34.3 Å². The van der Waals surface area contributed by atoms with Crippen molar-refractivity contribution in [2.24, 2.45) is 5.73 Å². The van der Waals surface area contributed by atoms with Crippen LogP contribution in [0.1, 0.15) is 4.88 Å². The first kappa shape index (κ1) is 9.21. The van der Waals surface area contributed by atoms with Gasteiger partial charge in [-0.05, 0) is 28.5 Å². The Kier molecular flexibility index (Phi) is 2.69. The van der Waals surface area contributed by atoms with Crippen molar-refractivity contribution in [2.75, 3.05) is 0 Å². The molecule has 0 fully saturated rings. The first-order valence-electron chi connectivity index (χ1n) is 3.82. The fourth-order valence-corrected chi connectivity index (χ4v) is 2.94. The lowest BCUT2D eigenvalue weighted by atomic mass is 10.1. The average Bonchev–Trinajstić information content (AvgIpc) is 2.71. The second kappa shape index (κ2) is 3.80. The number of nitrogens with two attached hydrogens (primary N) is 1. The molecule has 0 bridgehead atoms. The maximum atomic E-state index is 6.04. The van der Waals surface area contributed by atoms with Crippen LogP contribution in [0.4, 0.5) is 0 Å². The van der Waals surface area contributed by atoms with Crippen LogP contribution in [-0.4, -0.2) is 0 Å². The molecule has 1 nitrogen and oxygen atoms in total. The maximum absolute atomic E-state index is 6.04. The molecule has 2 aromatic rings. The number of rotatable bonds is 2. The van der Waals surface area contributed by atoms with Gasteiger partial charge in [0.1, 0.15) is 4.34 Å². The minimum absolute atomic E-state index is 0.583. The van der Waals surface area contributed by atoms with Crippen molar-refractivity contribution in [1.29, 1.82) is 0 Å². The van der Waals surface area contributed by atoms with Gasteiger partial charge in [-0.3, -0.25) is 0 Å². The zero-order chi connectivity index (χ0) is 9.26. The second-order valence-corrected chi connectivity index (χ2v) is 5.09. The third kappa shape index (κ3) is 1.65. The summed E-state index contributed by atoms with van der Waals surface area (Å²) >= 11 is 9.27. The Bertz CT molecular complexity index is 405. The molecular weight excluding hydrogens is 222 g/mol. The molecule has 0 unspecified atom stereocenters. The molecule has 2 aromatic heterocycles. The largest absolute Gasteiger partial charge is 0.326 e. The highest BCUT2D eigenvalue weighted by Gasteiger charge is 2.09. The van der Waals surface area contributed by atoms with E-state index in [9.17, 15) is 0 Å². The van der Waals surface area contributed by atoms with Gasteiger partial charge in [-0.25, -0.2) is 0 Å². The normalized spacial score (nSPS) is 10.6. The highest BCUT2D eigenvalue weighted by molar-refractivity contribution is 7.15. The molecule has 2 heterocycles. The number of thiophene rings is 2. The molecular formula is C9H8ClNS2. The summed E-state index contributed by atoms with van der Waals surface area (Å²) in [4.78, 5) is 1.19. The van der Waals surface area contributed by atoms with Gasteiger partial charge in [0.25, 0.3) is 0 Å². The van der Waals surface area contributed by atoms with E-state index in [1.54, 1.807) is 22.7 Å². The molecule has 0 aromatic carbocycles. The molecule has 0 aliphatic carbocycles. The van der Waals surface area contributed by atoms with Crippen LogP contribution < -0.4 is 5.73 Å². The summed E-state index contributed by atoms with van der Waals surface area (Å²) in [6.45, 7) is 0.583. The summed E-state index contributed by atoms with van der Waals surface area (Å²) in [5.41, 5.74) is 7.91. The van der Waals surface area contributed by atoms with E-state index in [1.165, 1.54) is 10.4 Å². The zero-order valence-corrected chi connectivity index (χ0v) is 9.18. The number of halogens is 1. The quantitative estimate of drug-likeness (QED) is 0.837. The van der Waals surface area contributed by atoms with Crippen LogP contribution in [0, 0.1) is 0 Å². The Morgan fingerprint density at radius 3 is 2.46 bits per heavy atom. The lowest BCUT2D eigenvalue weighted by Gasteiger charge is -1.98. The van der Waals surface area contributed by atoms with E-state index in [0.29, 0.717) is 6.54 Å². The van der Waals surface area contributed by atoms with E-state index in [2.05, 4.69) is 6.07 Å². The third-order valence-corrected chi connectivity index (χ3v) is 3.95. The SMILES string of the molecule is NCc1sccc1-c1ccsc1Cl. The minimum Gasteiger partial charge on any atom is -0.326 e. The molecule has 68 valence electrons. The fourth-order valence-electron chi connectivity index (χ4n) is 1.23. The van der Waals surface area contributed by atoms with E-state index in [0.717, 1.165) is 9.90 Å². The Morgan fingerprint density at radius 1 is 1.15 bits per heavy atom. The Balaban J connectivity index is 2.52. The van der Waals surface area contributed by atoms with Crippen molar-refractivity contribution >= 4 is 34.3 Å². The van der Waals surface area contributed by atoms with Crippen molar-refractivity contribution in [3.05, 3.63) is 32.1 Å². The van der Waals surface area contributed by atoms with E-state index in [4.69, 9.17) is 17.3 Å². The van der Waals surface area contributed by atoms with Crippen LogP contribution in [0.15, 0.2) is 22.9 Å². The monoisotopic (exact) mass is 229 g/mol. The first-order chi connectivity index (χ1) is 6.33. The minimum atomic E-state index is 0.583. The van der Waals surface area contributed by atoms with Gasteiger partial charge in [0.05, 0.1) is 0 Å². The predicted molar refractivity (Wildman–Crippen MR) is 60.5 cm³/mol. The molecule has 2 rings (SSSR count). The molecule has 0 saturated heterocycles. The lowest BCUT2D eigenvalue weighted by molar-refractivity contribution is 1.11. The van der Waals surface area contributed by atoms with Crippen molar-refractivity contribution in [3.63, 3.8) is 0 Å². The topological polar surface area (TPSA) is 26.0 Å². The summed E-state index contributed by atoms with van der Waals surface area (Å²) in [6.07, 6.45) is 0. The Hall–Kier alpha value is -0.350. The zero-order valence-electron chi connectivity index (χ0n) is 6.79. The van der Waals surface area contributed by atoms with Gasteiger partial charge in [-0.15, -0.1) is 22.7 Å². The molecule has 2 N–H and O–H groups in total. The summed E-state index contributed by atoms with van der Waals surface area (Å²) < 4.78 is 0.841. The summed E-state index contributed by atoms with van der Waals surface area (Å²) in [7, 11) is 0. The van der Waals surface area contributed by atoms with Crippen LogP contribution in [-0.2, 0) is 6.54 Å². The third-order valence-electron chi connectivity index (χ3n) is 1.84. The van der Waals surface area contributed by atoms with E-state index >= 15 is 0 Å². The Labute approximate surface area is 89.8 Å². The second-order valence-electron chi connectivity index (χ2n) is 2.57. The van der Waals surface area contributed by atoms with Crippen molar-refractivity contribution in [2.45, 2.75) is 6.54 Å². The van der Waals surface area contributed by atoms with Crippen molar-refractivity contribution in [1.82, 2.24) is 0 Å². The van der Waals surface area contributed by atoms with Crippen LogP contribution in [0.3, 0.4) is 0 Å². The fraction of sp³-hybridized carbons (Fsp3) is 0.111. The first-order valence-corrected chi connectivity index (χ1v) is 5.96. The molecule has 13 heavy (non-hydrogen) atoms. The van der Waals surface area contributed by atoms with E-state index in [-0.39, 0.29) is 0 Å². The molecule has 0 radical (unpaired) electrons.